The highest BCUT2D eigenvalue weighted by Gasteiger charge is 2.16. The second-order valence-corrected chi connectivity index (χ2v) is 7.14. The van der Waals surface area contributed by atoms with Gasteiger partial charge in [0.1, 0.15) is 0 Å². The van der Waals surface area contributed by atoms with Crippen LogP contribution in [-0.2, 0) is 0 Å². The predicted octanol–water partition coefficient (Wildman–Crippen LogP) is 5.15. The number of hydrogen-bond acceptors (Lipinski definition) is 2. The molecule has 4 rings (SSSR count). The van der Waals surface area contributed by atoms with E-state index in [0.717, 1.165) is 27.0 Å². The number of fused-ring (bicyclic) bond motifs is 1. The number of rotatable bonds is 2. The van der Waals surface area contributed by atoms with Gasteiger partial charge in [-0.15, -0.1) is 0 Å². The number of halogens is 2. The maximum atomic E-state index is 12.9. The van der Waals surface area contributed by atoms with Crippen molar-refractivity contribution in [1.29, 1.82) is 0 Å². The molecular weight excluding hydrogens is 402 g/mol. The van der Waals surface area contributed by atoms with Crippen LogP contribution in [0.15, 0.2) is 56.7 Å². The Balaban J connectivity index is 1.83. The summed E-state index contributed by atoms with van der Waals surface area (Å²) >= 11 is 9.52. The van der Waals surface area contributed by atoms with Crippen LogP contribution in [0.5, 0.6) is 0 Å². The van der Waals surface area contributed by atoms with Crippen molar-refractivity contribution in [2.45, 2.75) is 6.92 Å². The Kier molecular flexibility index (Phi) is 3.98. The molecule has 0 radical (unpaired) electrons. The van der Waals surface area contributed by atoms with E-state index in [1.807, 2.05) is 43.3 Å². The largest absolute Gasteiger partial charge is 0.295 e. The summed E-state index contributed by atoms with van der Waals surface area (Å²) in [5.74, 6) is 0. The fraction of sp³-hybridized carbons (Fsp3) is 0.0526. The molecule has 4 nitrogen and oxygen atoms in total. The average molecular weight is 415 g/mol. The Morgan fingerprint density at radius 1 is 1.24 bits per heavy atom. The zero-order valence-corrected chi connectivity index (χ0v) is 15.6. The summed E-state index contributed by atoms with van der Waals surface area (Å²) in [7, 11) is 0. The third-order valence-electron chi connectivity index (χ3n) is 4.10. The summed E-state index contributed by atoms with van der Waals surface area (Å²) in [6.45, 7) is 1.88. The van der Waals surface area contributed by atoms with Gasteiger partial charge in [0.05, 0.1) is 16.9 Å². The van der Waals surface area contributed by atoms with Gasteiger partial charge >= 0.3 is 0 Å². The minimum atomic E-state index is -0.121. The van der Waals surface area contributed by atoms with Gasteiger partial charge in [-0.2, -0.15) is 0 Å². The van der Waals surface area contributed by atoms with Crippen molar-refractivity contribution in [2.75, 3.05) is 0 Å². The number of nitrogens with zero attached hydrogens (tertiary/aromatic N) is 2. The van der Waals surface area contributed by atoms with Crippen LogP contribution in [0.3, 0.4) is 0 Å². The molecule has 6 heteroatoms. The number of aromatic amines is 1. The van der Waals surface area contributed by atoms with Crippen molar-refractivity contribution in [2.24, 2.45) is 4.99 Å². The number of benzene rings is 2. The molecule has 25 heavy (non-hydrogen) atoms. The van der Waals surface area contributed by atoms with Crippen molar-refractivity contribution in [3.05, 3.63) is 79.1 Å². The van der Waals surface area contributed by atoms with E-state index >= 15 is 0 Å². The molecule has 0 saturated heterocycles. The molecule has 0 fully saturated rings. The van der Waals surface area contributed by atoms with Gasteiger partial charge in [0, 0.05) is 32.5 Å². The summed E-state index contributed by atoms with van der Waals surface area (Å²) in [5.41, 5.74) is 4.79. The van der Waals surface area contributed by atoms with Gasteiger partial charge in [-0.05, 0) is 49.4 Å². The van der Waals surface area contributed by atoms with E-state index in [1.165, 1.54) is 4.68 Å². The molecule has 0 amide bonds. The maximum absolute atomic E-state index is 12.9. The average Bonchev–Trinajstić information content (AvgIpc) is 3.10. The SMILES string of the molecule is Cc1[nH]n(-c2cccc(Cl)c2)c(=O)c1C=C1C=Nc2ccc(Br)cc21. The first-order chi connectivity index (χ1) is 12.0. The molecule has 0 atom stereocenters. The van der Waals surface area contributed by atoms with Crippen LogP contribution in [0.1, 0.15) is 16.8 Å². The smallest absolute Gasteiger partial charge is 0.278 e. The van der Waals surface area contributed by atoms with Crippen molar-refractivity contribution in [3.8, 4) is 5.69 Å². The van der Waals surface area contributed by atoms with Crippen molar-refractivity contribution < 1.29 is 0 Å². The third kappa shape index (κ3) is 2.90. The zero-order chi connectivity index (χ0) is 17.6. The Morgan fingerprint density at radius 2 is 2.08 bits per heavy atom. The van der Waals surface area contributed by atoms with E-state index in [9.17, 15) is 4.79 Å². The number of allylic oxidation sites excluding steroid dienone is 1. The number of aromatic nitrogens is 2. The van der Waals surface area contributed by atoms with Crippen LogP contribution >= 0.6 is 27.5 Å². The summed E-state index contributed by atoms with van der Waals surface area (Å²) < 4.78 is 2.48. The lowest BCUT2D eigenvalue weighted by Gasteiger charge is -2.01. The van der Waals surface area contributed by atoms with Gasteiger partial charge in [0.25, 0.3) is 5.56 Å². The van der Waals surface area contributed by atoms with Gasteiger partial charge in [-0.25, -0.2) is 4.68 Å². The molecule has 1 aromatic heterocycles. The lowest BCUT2D eigenvalue weighted by molar-refractivity contribution is 0.835. The van der Waals surface area contributed by atoms with Crippen LogP contribution in [0.4, 0.5) is 5.69 Å². The molecule has 124 valence electrons. The van der Waals surface area contributed by atoms with E-state index < -0.39 is 0 Å². The highest BCUT2D eigenvalue weighted by atomic mass is 79.9. The number of hydrogen-bond donors (Lipinski definition) is 1. The fourth-order valence-electron chi connectivity index (χ4n) is 2.86. The number of aryl methyl sites for hydroxylation is 1. The fourth-order valence-corrected chi connectivity index (χ4v) is 3.40. The second kappa shape index (κ2) is 6.17. The monoisotopic (exact) mass is 413 g/mol. The van der Waals surface area contributed by atoms with Crippen LogP contribution in [0.25, 0.3) is 17.3 Å². The van der Waals surface area contributed by atoms with Crippen LogP contribution in [0.2, 0.25) is 5.02 Å². The lowest BCUT2D eigenvalue weighted by Crippen LogP contribution is -2.15. The van der Waals surface area contributed by atoms with Crippen molar-refractivity contribution in [3.63, 3.8) is 0 Å². The van der Waals surface area contributed by atoms with Crippen molar-refractivity contribution >= 4 is 51.1 Å². The molecular formula is C19H13BrClN3O. The van der Waals surface area contributed by atoms with Gasteiger partial charge in [-0.1, -0.05) is 33.6 Å². The number of nitrogens with one attached hydrogen (secondary N) is 1. The Morgan fingerprint density at radius 3 is 2.88 bits per heavy atom. The van der Waals surface area contributed by atoms with Gasteiger partial charge in [0.15, 0.2) is 0 Å². The van der Waals surface area contributed by atoms with E-state index in [1.54, 1.807) is 18.3 Å². The minimum Gasteiger partial charge on any atom is -0.295 e. The molecule has 0 saturated carbocycles. The van der Waals surface area contributed by atoms with E-state index in [-0.39, 0.29) is 5.56 Å². The molecule has 0 bridgehead atoms. The predicted molar refractivity (Wildman–Crippen MR) is 106 cm³/mol. The molecule has 1 aliphatic heterocycles. The highest BCUT2D eigenvalue weighted by molar-refractivity contribution is 9.10. The van der Waals surface area contributed by atoms with Gasteiger partial charge < -0.3 is 0 Å². The van der Waals surface area contributed by atoms with Crippen molar-refractivity contribution in [1.82, 2.24) is 9.78 Å². The standard InChI is InChI=1S/C19H13BrClN3O/c1-11-16(7-12-10-22-18-6-5-13(20)8-17(12)18)19(25)24(23-11)15-4-2-3-14(21)9-15/h2-10,23H,1H3. The Bertz CT molecular complexity index is 1110. The molecule has 0 unspecified atom stereocenters. The van der Waals surface area contributed by atoms with Crippen LogP contribution in [-0.4, -0.2) is 16.0 Å². The highest BCUT2D eigenvalue weighted by Crippen LogP contribution is 2.34. The first kappa shape index (κ1) is 16.1. The Labute approximate surface area is 157 Å². The Hall–Kier alpha value is -2.37. The molecule has 0 aliphatic carbocycles. The minimum absolute atomic E-state index is 0.121. The van der Waals surface area contributed by atoms with E-state index in [2.05, 4.69) is 26.0 Å². The summed E-state index contributed by atoms with van der Waals surface area (Å²) in [5, 5.41) is 3.69. The van der Waals surface area contributed by atoms with Crippen LogP contribution < -0.4 is 5.56 Å². The third-order valence-corrected chi connectivity index (χ3v) is 4.82. The zero-order valence-electron chi connectivity index (χ0n) is 13.3. The van der Waals surface area contributed by atoms with Crippen LogP contribution in [0, 0.1) is 6.92 Å². The topological polar surface area (TPSA) is 50.1 Å². The molecule has 1 aliphatic rings. The van der Waals surface area contributed by atoms with E-state index in [0.29, 0.717) is 16.3 Å². The first-order valence-electron chi connectivity index (χ1n) is 7.66. The maximum Gasteiger partial charge on any atom is 0.278 e. The van der Waals surface area contributed by atoms with E-state index in [4.69, 9.17) is 11.6 Å². The number of aliphatic imine (C=N–C) groups is 1. The summed E-state index contributed by atoms with van der Waals surface area (Å²) in [6.07, 6.45) is 3.66. The summed E-state index contributed by atoms with van der Waals surface area (Å²) in [6, 6.07) is 13.1. The molecule has 1 N–H and O–H groups in total. The molecule has 0 spiro atoms. The normalized spacial score (nSPS) is 14.3. The summed E-state index contributed by atoms with van der Waals surface area (Å²) in [4.78, 5) is 17.3. The van der Waals surface area contributed by atoms with Gasteiger partial charge in [-0.3, -0.25) is 14.9 Å². The molecule has 2 heterocycles. The molecule has 3 aromatic rings. The first-order valence-corrected chi connectivity index (χ1v) is 8.83. The second-order valence-electron chi connectivity index (χ2n) is 5.79. The van der Waals surface area contributed by atoms with Gasteiger partial charge in [0.2, 0.25) is 0 Å². The quantitative estimate of drug-likeness (QED) is 0.620. The number of H-pyrrole nitrogens is 1. The molecule has 2 aromatic carbocycles. The lowest BCUT2D eigenvalue weighted by atomic mass is 10.0.